The summed E-state index contributed by atoms with van der Waals surface area (Å²) in [5.41, 5.74) is 1.83. The van der Waals surface area contributed by atoms with Gasteiger partial charge in [-0.25, -0.2) is 4.39 Å². The van der Waals surface area contributed by atoms with E-state index in [9.17, 15) is 19.1 Å². The summed E-state index contributed by atoms with van der Waals surface area (Å²) in [6.07, 6.45) is 4.44. The molecular weight excluding hydrogens is 527 g/mol. The van der Waals surface area contributed by atoms with Crippen molar-refractivity contribution in [3.63, 3.8) is 0 Å². The monoisotopic (exact) mass is 566 g/mol. The minimum atomic E-state index is -1.14. The number of carbonyl (C=O) groups is 1. The third kappa shape index (κ3) is 7.34. The molecule has 0 atom stereocenters. The van der Waals surface area contributed by atoms with Crippen LogP contribution in [0.5, 0.6) is 17.2 Å². The van der Waals surface area contributed by atoms with Gasteiger partial charge in [-0.05, 0) is 94.3 Å². The van der Waals surface area contributed by atoms with E-state index in [0.29, 0.717) is 57.9 Å². The first-order chi connectivity index (χ1) is 19.3. The van der Waals surface area contributed by atoms with Crippen molar-refractivity contribution in [1.29, 1.82) is 0 Å². The van der Waals surface area contributed by atoms with Gasteiger partial charge in [0.25, 0.3) is 5.56 Å². The van der Waals surface area contributed by atoms with Crippen LogP contribution in [0.15, 0.2) is 47.4 Å². The Labute approximate surface area is 240 Å². The minimum absolute atomic E-state index is 0.0260. The highest BCUT2D eigenvalue weighted by Crippen LogP contribution is 2.42. The summed E-state index contributed by atoms with van der Waals surface area (Å²) in [5.74, 6) is 0.933. The average Bonchev–Trinajstić information content (AvgIpc) is 2.89. The van der Waals surface area contributed by atoms with Crippen LogP contribution in [-0.2, 0) is 22.2 Å². The van der Waals surface area contributed by atoms with Crippen LogP contribution in [0.4, 0.5) is 4.39 Å². The molecule has 2 aromatic carbocycles. The number of aliphatic hydroxyl groups is 1. The van der Waals surface area contributed by atoms with Crippen LogP contribution >= 0.6 is 0 Å². The van der Waals surface area contributed by atoms with E-state index in [4.69, 9.17) is 14.2 Å². The largest absolute Gasteiger partial charge is 0.490 e. The molecule has 0 unspecified atom stereocenters. The van der Waals surface area contributed by atoms with Crippen LogP contribution in [0.1, 0.15) is 56.2 Å². The van der Waals surface area contributed by atoms with Gasteiger partial charge in [0.2, 0.25) is 5.91 Å². The van der Waals surface area contributed by atoms with Crippen LogP contribution in [-0.4, -0.2) is 41.4 Å². The summed E-state index contributed by atoms with van der Waals surface area (Å²) in [4.78, 5) is 24.7. The van der Waals surface area contributed by atoms with E-state index in [1.165, 1.54) is 29.9 Å². The predicted octanol–water partition coefficient (Wildman–Crippen LogP) is 5.28. The minimum Gasteiger partial charge on any atom is -0.490 e. The Morgan fingerprint density at radius 1 is 1.05 bits per heavy atom. The zero-order valence-electron chi connectivity index (χ0n) is 24.5. The quantitative estimate of drug-likeness (QED) is 0.366. The van der Waals surface area contributed by atoms with Gasteiger partial charge in [0.15, 0.2) is 0 Å². The fourth-order valence-corrected chi connectivity index (χ4v) is 5.20. The van der Waals surface area contributed by atoms with E-state index in [-0.39, 0.29) is 36.0 Å². The summed E-state index contributed by atoms with van der Waals surface area (Å²) in [6, 6.07) is 9.74. The Morgan fingerprint density at radius 2 is 1.71 bits per heavy atom. The first-order valence-corrected chi connectivity index (χ1v) is 13.8. The lowest BCUT2D eigenvalue weighted by atomic mass is 9.92. The molecule has 1 amide bonds. The molecule has 0 spiro atoms. The van der Waals surface area contributed by atoms with Crippen LogP contribution in [0.3, 0.4) is 0 Å². The molecular formula is C32H39FN2O6. The highest BCUT2D eigenvalue weighted by Gasteiger charge is 2.26. The number of nitrogens with zero attached hydrogens (tertiary/aromatic N) is 1. The molecule has 1 fully saturated rings. The smallest absolute Gasteiger partial charge is 0.254 e. The van der Waals surface area contributed by atoms with Gasteiger partial charge >= 0.3 is 0 Å². The molecule has 1 aliphatic rings. The normalized spacial score (nSPS) is 17.3. The highest BCUT2D eigenvalue weighted by molar-refractivity contribution is 5.77. The van der Waals surface area contributed by atoms with Crippen LogP contribution in [0, 0.1) is 19.7 Å². The molecule has 0 aliphatic heterocycles. The van der Waals surface area contributed by atoms with E-state index in [2.05, 4.69) is 5.32 Å². The Balaban J connectivity index is 1.71. The Bertz CT molecular complexity index is 1440. The number of pyridine rings is 1. The van der Waals surface area contributed by atoms with Gasteiger partial charge in [0, 0.05) is 43.6 Å². The Hall–Kier alpha value is -3.69. The van der Waals surface area contributed by atoms with Gasteiger partial charge in [-0.2, -0.15) is 0 Å². The summed E-state index contributed by atoms with van der Waals surface area (Å²) < 4.78 is 33.2. The SMILES string of the molecule is COCC(=O)N[C@H]1CC[C@H](Oc2cc(=O)n(C)cc2-c2cc(C(C)(C)O)ccc2Oc2c(C)cc(F)cc2C)CC1. The molecule has 1 saturated carbocycles. The lowest BCUT2D eigenvalue weighted by Crippen LogP contribution is -2.41. The average molecular weight is 567 g/mol. The van der Waals surface area contributed by atoms with E-state index in [1.807, 2.05) is 6.07 Å². The van der Waals surface area contributed by atoms with Crippen molar-refractivity contribution in [2.45, 2.75) is 71.1 Å². The molecule has 1 aromatic heterocycles. The molecule has 1 heterocycles. The number of rotatable bonds is 9. The second kappa shape index (κ2) is 12.4. The van der Waals surface area contributed by atoms with Gasteiger partial charge in [-0.3, -0.25) is 9.59 Å². The number of aromatic nitrogens is 1. The molecule has 1 aliphatic carbocycles. The number of hydrogen-bond donors (Lipinski definition) is 2. The zero-order valence-corrected chi connectivity index (χ0v) is 24.5. The van der Waals surface area contributed by atoms with Crippen molar-refractivity contribution in [2.75, 3.05) is 13.7 Å². The highest BCUT2D eigenvalue weighted by atomic mass is 19.1. The van der Waals surface area contributed by atoms with E-state index >= 15 is 0 Å². The molecule has 8 nitrogen and oxygen atoms in total. The first kappa shape index (κ1) is 30.3. The summed E-state index contributed by atoms with van der Waals surface area (Å²) in [5, 5.41) is 13.8. The molecule has 41 heavy (non-hydrogen) atoms. The van der Waals surface area contributed by atoms with Gasteiger partial charge in [0.1, 0.15) is 29.7 Å². The molecule has 9 heteroatoms. The number of amides is 1. The lowest BCUT2D eigenvalue weighted by Gasteiger charge is -2.30. The molecule has 4 rings (SSSR count). The lowest BCUT2D eigenvalue weighted by molar-refractivity contribution is -0.125. The molecule has 0 bridgehead atoms. The summed E-state index contributed by atoms with van der Waals surface area (Å²) >= 11 is 0. The third-order valence-corrected chi connectivity index (χ3v) is 7.41. The molecule has 0 saturated heterocycles. The molecule has 220 valence electrons. The number of carbonyl (C=O) groups excluding carboxylic acids is 1. The van der Waals surface area contributed by atoms with Gasteiger partial charge in [0.05, 0.1) is 11.7 Å². The summed E-state index contributed by atoms with van der Waals surface area (Å²) in [6.45, 7) is 6.99. The zero-order chi connectivity index (χ0) is 29.9. The van der Waals surface area contributed by atoms with Crippen molar-refractivity contribution in [3.05, 3.63) is 75.5 Å². The van der Waals surface area contributed by atoms with Gasteiger partial charge in [-0.15, -0.1) is 0 Å². The number of aryl methyl sites for hydroxylation is 3. The predicted molar refractivity (Wildman–Crippen MR) is 155 cm³/mol. The molecule has 3 aromatic rings. The van der Waals surface area contributed by atoms with Crippen molar-refractivity contribution in [3.8, 4) is 28.4 Å². The topological polar surface area (TPSA) is 99.0 Å². The second-order valence-electron chi connectivity index (χ2n) is 11.3. The molecule has 2 N–H and O–H groups in total. The first-order valence-electron chi connectivity index (χ1n) is 13.8. The Kier molecular flexibility index (Phi) is 9.19. The number of halogens is 1. The van der Waals surface area contributed by atoms with Crippen molar-refractivity contribution in [2.24, 2.45) is 7.05 Å². The van der Waals surface area contributed by atoms with Crippen molar-refractivity contribution < 1.29 is 28.5 Å². The molecule has 0 radical (unpaired) electrons. The Morgan fingerprint density at radius 3 is 2.32 bits per heavy atom. The maximum Gasteiger partial charge on any atom is 0.254 e. The number of benzene rings is 2. The van der Waals surface area contributed by atoms with Crippen molar-refractivity contribution in [1.82, 2.24) is 9.88 Å². The van der Waals surface area contributed by atoms with E-state index in [1.54, 1.807) is 53.1 Å². The third-order valence-electron chi connectivity index (χ3n) is 7.41. The van der Waals surface area contributed by atoms with Crippen LogP contribution in [0.25, 0.3) is 11.1 Å². The number of methoxy groups -OCH3 is 1. The standard InChI is InChI=1S/C32H39FN2O6/c1-19-13-22(33)14-20(2)31(19)41-27-12-7-21(32(3,4)38)15-25(27)26-17-35(5)30(37)16-28(26)40-24-10-8-23(9-11-24)34-29(36)18-39-6/h7,12-17,23-24,38H,8-11,18H2,1-6H3,(H,34,36)/t23-,24-. The van der Waals surface area contributed by atoms with Crippen LogP contribution < -0.4 is 20.3 Å². The summed E-state index contributed by atoms with van der Waals surface area (Å²) in [7, 11) is 3.15. The van der Waals surface area contributed by atoms with Gasteiger partial charge < -0.3 is 29.2 Å². The fourth-order valence-electron chi connectivity index (χ4n) is 5.20. The maximum atomic E-state index is 14.0. The number of nitrogens with one attached hydrogen (secondary N) is 1. The van der Waals surface area contributed by atoms with E-state index in [0.717, 1.165) is 12.8 Å². The number of hydrogen-bond acceptors (Lipinski definition) is 6. The maximum absolute atomic E-state index is 14.0. The van der Waals surface area contributed by atoms with Crippen molar-refractivity contribution >= 4 is 5.91 Å². The van der Waals surface area contributed by atoms with E-state index < -0.39 is 5.60 Å². The fraction of sp³-hybridized carbons (Fsp3) is 0.438. The van der Waals surface area contributed by atoms with Crippen LogP contribution in [0.2, 0.25) is 0 Å². The second-order valence-corrected chi connectivity index (χ2v) is 11.3. The number of ether oxygens (including phenoxy) is 3. The van der Waals surface area contributed by atoms with Gasteiger partial charge in [-0.1, -0.05) is 6.07 Å².